The van der Waals surface area contributed by atoms with Crippen LogP contribution in [0.25, 0.3) is 11.0 Å². The summed E-state index contributed by atoms with van der Waals surface area (Å²) in [5.41, 5.74) is 3.79. The highest BCUT2D eigenvalue weighted by molar-refractivity contribution is 6.42. The van der Waals surface area contributed by atoms with E-state index in [1.54, 1.807) is 11.0 Å². The molecule has 2 aliphatic heterocycles. The lowest BCUT2D eigenvalue weighted by Gasteiger charge is -2.33. The maximum Gasteiger partial charge on any atom is 0.253 e. The number of aryl methyl sites for hydroxylation is 2. The van der Waals surface area contributed by atoms with Crippen LogP contribution in [0.15, 0.2) is 79.1 Å². The van der Waals surface area contributed by atoms with E-state index in [1.165, 1.54) is 0 Å². The molecule has 1 amide bonds. The normalized spacial score (nSPS) is 19.2. The highest BCUT2D eigenvalue weighted by atomic mass is 35.5. The zero-order valence-corrected chi connectivity index (χ0v) is 27.2. The third-order valence-corrected chi connectivity index (χ3v) is 10.3. The molecule has 2 aromatic heterocycles. The molecule has 0 bridgehead atoms. The molecule has 2 fully saturated rings. The Morgan fingerprint density at radius 3 is 2.52 bits per heavy atom. The molecule has 2 aliphatic rings. The first-order valence-corrected chi connectivity index (χ1v) is 16.7. The second kappa shape index (κ2) is 13.4. The molecule has 5 aromatic rings. The number of halogens is 2. The van der Waals surface area contributed by atoms with Gasteiger partial charge in [0.15, 0.2) is 0 Å². The molecule has 3 aromatic carbocycles. The van der Waals surface area contributed by atoms with E-state index < -0.39 is 0 Å². The van der Waals surface area contributed by atoms with E-state index in [-0.39, 0.29) is 11.3 Å². The number of fused-ring (bicyclic) bond motifs is 1. The summed E-state index contributed by atoms with van der Waals surface area (Å²) in [5.74, 6) is 1.07. The standard InChI is InChI=1S/C34H37Cl2N9O/c35-28-12-11-27(23-29(28)36)34(14-18-43(24-34)32(46)26-7-2-1-3-8-26)13-17-41-15-6-16-42(20-19-41)33-38-30-9-4-5-10-31(30)45(33)22-21-44-25-37-39-40-44/h1-5,7-12,23,25H,6,13-22,24H2. The van der Waals surface area contributed by atoms with Gasteiger partial charge in [0.1, 0.15) is 6.33 Å². The fourth-order valence-corrected chi connectivity index (χ4v) is 7.29. The number of anilines is 1. The van der Waals surface area contributed by atoms with Crippen LogP contribution in [-0.4, -0.2) is 91.3 Å². The predicted molar refractivity (Wildman–Crippen MR) is 181 cm³/mol. The molecule has 2 saturated heterocycles. The van der Waals surface area contributed by atoms with Crippen LogP contribution in [0.5, 0.6) is 0 Å². The summed E-state index contributed by atoms with van der Waals surface area (Å²) in [4.78, 5) is 25.5. The van der Waals surface area contributed by atoms with Crippen molar-refractivity contribution in [1.29, 1.82) is 0 Å². The maximum absolute atomic E-state index is 13.5. The van der Waals surface area contributed by atoms with Gasteiger partial charge in [0, 0.05) is 50.2 Å². The maximum atomic E-state index is 13.5. The smallest absolute Gasteiger partial charge is 0.253 e. The second-order valence-electron chi connectivity index (χ2n) is 12.3. The van der Waals surface area contributed by atoms with Gasteiger partial charge in [0.25, 0.3) is 5.91 Å². The van der Waals surface area contributed by atoms with E-state index in [4.69, 9.17) is 28.2 Å². The van der Waals surface area contributed by atoms with Crippen molar-refractivity contribution in [1.82, 2.24) is 39.6 Å². The molecule has 12 heteroatoms. The average Bonchev–Trinajstić information content (AvgIpc) is 3.81. The SMILES string of the molecule is O=C(c1ccccc1)N1CCC(CCN2CCCN(c3nc4ccccc4n3CCn3cnnn3)CC2)(c2ccc(Cl)c(Cl)c2)C1. The number of likely N-dealkylation sites (tertiary alicyclic amines) is 1. The van der Waals surface area contributed by atoms with Gasteiger partial charge in [-0.15, -0.1) is 5.10 Å². The van der Waals surface area contributed by atoms with Crippen LogP contribution in [0.4, 0.5) is 5.95 Å². The summed E-state index contributed by atoms with van der Waals surface area (Å²) in [6.07, 6.45) is 4.49. The summed E-state index contributed by atoms with van der Waals surface area (Å²) >= 11 is 12.9. The molecule has 0 saturated carbocycles. The molecular formula is C34H37Cl2N9O. The Kier molecular flexibility index (Phi) is 8.93. The number of tetrazole rings is 1. The van der Waals surface area contributed by atoms with Gasteiger partial charge in [-0.05, 0) is 84.7 Å². The second-order valence-corrected chi connectivity index (χ2v) is 13.1. The molecule has 238 valence electrons. The minimum Gasteiger partial charge on any atom is -0.341 e. The molecule has 7 rings (SSSR count). The first kappa shape index (κ1) is 30.7. The number of hydrogen-bond donors (Lipinski definition) is 0. The van der Waals surface area contributed by atoms with Crippen LogP contribution in [0.2, 0.25) is 10.0 Å². The van der Waals surface area contributed by atoms with Crippen LogP contribution in [0, 0.1) is 0 Å². The number of imidazole rings is 1. The van der Waals surface area contributed by atoms with Crippen molar-refractivity contribution in [3.8, 4) is 0 Å². The number of benzene rings is 3. The summed E-state index contributed by atoms with van der Waals surface area (Å²) in [5, 5.41) is 12.7. The Morgan fingerprint density at radius 2 is 1.70 bits per heavy atom. The third kappa shape index (κ3) is 6.34. The fraction of sp³-hybridized carbons (Fsp3) is 0.382. The highest BCUT2D eigenvalue weighted by Crippen LogP contribution is 2.41. The zero-order chi connectivity index (χ0) is 31.5. The summed E-state index contributed by atoms with van der Waals surface area (Å²) in [6, 6.07) is 23.9. The van der Waals surface area contributed by atoms with E-state index in [1.807, 2.05) is 53.4 Å². The number of para-hydroxylation sites is 2. The van der Waals surface area contributed by atoms with Gasteiger partial charge in [-0.2, -0.15) is 0 Å². The van der Waals surface area contributed by atoms with Crippen LogP contribution < -0.4 is 4.90 Å². The van der Waals surface area contributed by atoms with Gasteiger partial charge in [0.2, 0.25) is 5.95 Å². The first-order valence-electron chi connectivity index (χ1n) is 15.9. The fourth-order valence-electron chi connectivity index (χ4n) is 7.00. The van der Waals surface area contributed by atoms with Crippen molar-refractivity contribution in [2.24, 2.45) is 0 Å². The lowest BCUT2D eigenvalue weighted by atomic mass is 9.76. The van der Waals surface area contributed by atoms with Gasteiger partial charge in [-0.25, -0.2) is 9.67 Å². The monoisotopic (exact) mass is 657 g/mol. The van der Waals surface area contributed by atoms with Crippen molar-refractivity contribution in [3.63, 3.8) is 0 Å². The van der Waals surface area contributed by atoms with Crippen molar-refractivity contribution in [3.05, 3.63) is 100 Å². The van der Waals surface area contributed by atoms with E-state index in [2.05, 4.69) is 54.2 Å². The molecule has 1 unspecified atom stereocenters. The average molecular weight is 659 g/mol. The van der Waals surface area contributed by atoms with Crippen LogP contribution >= 0.6 is 23.2 Å². The van der Waals surface area contributed by atoms with Crippen molar-refractivity contribution >= 4 is 46.1 Å². The highest BCUT2D eigenvalue weighted by Gasteiger charge is 2.42. The van der Waals surface area contributed by atoms with E-state index in [0.717, 1.165) is 86.6 Å². The van der Waals surface area contributed by atoms with E-state index >= 15 is 0 Å². The number of rotatable bonds is 9. The van der Waals surface area contributed by atoms with Crippen molar-refractivity contribution < 1.29 is 4.79 Å². The predicted octanol–water partition coefficient (Wildman–Crippen LogP) is 5.42. The minimum atomic E-state index is -0.200. The Hall–Kier alpha value is -3.99. The number of nitrogens with zero attached hydrogens (tertiary/aromatic N) is 9. The molecule has 0 radical (unpaired) electrons. The van der Waals surface area contributed by atoms with Crippen LogP contribution in [0.1, 0.15) is 35.2 Å². The molecule has 46 heavy (non-hydrogen) atoms. The first-order chi connectivity index (χ1) is 22.5. The molecule has 1 atom stereocenters. The van der Waals surface area contributed by atoms with E-state index in [0.29, 0.717) is 29.7 Å². The molecule has 0 N–H and O–H groups in total. The Morgan fingerprint density at radius 1 is 0.848 bits per heavy atom. The largest absolute Gasteiger partial charge is 0.341 e. The summed E-state index contributed by atoms with van der Waals surface area (Å²) in [7, 11) is 0. The van der Waals surface area contributed by atoms with Gasteiger partial charge in [0.05, 0.1) is 27.6 Å². The molecule has 0 aliphatic carbocycles. The lowest BCUT2D eigenvalue weighted by Crippen LogP contribution is -2.39. The van der Waals surface area contributed by atoms with Gasteiger partial charge < -0.3 is 19.3 Å². The van der Waals surface area contributed by atoms with E-state index in [9.17, 15) is 4.79 Å². The molecule has 4 heterocycles. The van der Waals surface area contributed by atoms with Gasteiger partial charge in [-0.3, -0.25) is 4.79 Å². The minimum absolute atomic E-state index is 0.0796. The molecule has 0 spiro atoms. The van der Waals surface area contributed by atoms with Crippen LogP contribution in [0.3, 0.4) is 0 Å². The zero-order valence-electron chi connectivity index (χ0n) is 25.7. The molecule has 10 nitrogen and oxygen atoms in total. The topological polar surface area (TPSA) is 88.2 Å². The third-order valence-electron chi connectivity index (χ3n) is 9.55. The van der Waals surface area contributed by atoms with Crippen LogP contribution in [-0.2, 0) is 18.5 Å². The molecular weight excluding hydrogens is 621 g/mol. The van der Waals surface area contributed by atoms with Crippen molar-refractivity contribution in [2.75, 3.05) is 50.7 Å². The number of aromatic nitrogens is 6. The number of hydrogen-bond acceptors (Lipinski definition) is 7. The number of carbonyl (C=O) groups is 1. The number of amides is 1. The Bertz CT molecular complexity index is 1800. The Labute approximate surface area is 278 Å². The summed E-state index contributed by atoms with van der Waals surface area (Å²) < 4.78 is 4.05. The van der Waals surface area contributed by atoms with Gasteiger partial charge in [-0.1, -0.05) is 59.6 Å². The van der Waals surface area contributed by atoms with Gasteiger partial charge >= 0.3 is 0 Å². The Balaban J connectivity index is 1.07. The van der Waals surface area contributed by atoms with Crippen molar-refractivity contribution in [2.45, 2.75) is 37.8 Å². The lowest BCUT2D eigenvalue weighted by molar-refractivity contribution is 0.0781. The quantitative estimate of drug-likeness (QED) is 0.209. The number of carbonyl (C=O) groups excluding carboxylic acids is 1. The summed E-state index contributed by atoms with van der Waals surface area (Å²) in [6.45, 7) is 7.44.